The van der Waals surface area contributed by atoms with Crippen LogP contribution in [0, 0.1) is 5.82 Å². The molecule has 1 aromatic rings. The summed E-state index contributed by atoms with van der Waals surface area (Å²) in [6, 6.07) is 1.50. The highest BCUT2D eigenvalue weighted by Gasteiger charge is 2.52. The van der Waals surface area contributed by atoms with E-state index >= 15 is 0 Å². The van der Waals surface area contributed by atoms with Crippen molar-refractivity contribution < 1.29 is 18.4 Å². The van der Waals surface area contributed by atoms with Gasteiger partial charge in [-0.2, -0.15) is 0 Å². The quantitative estimate of drug-likeness (QED) is 0.787. The Morgan fingerprint density at radius 1 is 1.23 bits per heavy atom. The van der Waals surface area contributed by atoms with E-state index in [1.165, 1.54) is 6.07 Å². The molecule has 0 bridgehead atoms. The second-order valence-corrected chi connectivity index (χ2v) is 7.13. The average molecular weight is 307 g/mol. The lowest BCUT2D eigenvalue weighted by Crippen LogP contribution is -2.41. The number of hydrogen-bond donors (Lipinski definition) is 0. The first kappa shape index (κ1) is 15.9. The highest BCUT2D eigenvalue weighted by atomic mass is 19.1. The van der Waals surface area contributed by atoms with E-state index in [2.05, 4.69) is 4.98 Å². The lowest BCUT2D eigenvalue weighted by Gasteiger charge is -2.32. The minimum Gasteiger partial charge on any atom is -0.399 e. The van der Waals surface area contributed by atoms with Gasteiger partial charge in [0.25, 0.3) is 0 Å². The molecule has 0 aromatic carbocycles. The Bertz CT molecular complexity index is 542. The molecular formula is C16H23BFNO3. The van der Waals surface area contributed by atoms with Gasteiger partial charge in [-0.1, -0.05) is 0 Å². The van der Waals surface area contributed by atoms with E-state index in [4.69, 9.17) is 14.0 Å². The SMILES string of the molecule is CC1(C)OB(c2cnc(C3CCCOC3)cc2F)OC1(C)C. The van der Waals surface area contributed by atoms with Crippen molar-refractivity contribution in [2.75, 3.05) is 13.2 Å². The van der Waals surface area contributed by atoms with E-state index in [1.807, 2.05) is 27.7 Å². The molecule has 2 fully saturated rings. The Labute approximate surface area is 131 Å². The highest BCUT2D eigenvalue weighted by molar-refractivity contribution is 6.62. The van der Waals surface area contributed by atoms with Gasteiger partial charge in [0.1, 0.15) is 5.82 Å². The average Bonchev–Trinajstić information content (AvgIpc) is 2.68. The largest absolute Gasteiger partial charge is 0.499 e. The molecule has 0 radical (unpaired) electrons. The lowest BCUT2D eigenvalue weighted by atomic mass is 9.79. The molecule has 1 atom stereocenters. The fraction of sp³-hybridized carbons (Fsp3) is 0.688. The predicted octanol–water partition coefficient (Wildman–Crippen LogP) is 2.41. The Balaban J connectivity index is 1.81. The molecule has 4 nitrogen and oxygen atoms in total. The number of aromatic nitrogens is 1. The molecule has 0 amide bonds. The van der Waals surface area contributed by atoms with Crippen LogP contribution in [-0.4, -0.2) is 36.5 Å². The van der Waals surface area contributed by atoms with Crippen LogP contribution in [0.15, 0.2) is 12.3 Å². The molecule has 1 aromatic heterocycles. The van der Waals surface area contributed by atoms with Crippen LogP contribution in [0.25, 0.3) is 0 Å². The van der Waals surface area contributed by atoms with Gasteiger partial charge >= 0.3 is 7.12 Å². The fourth-order valence-corrected chi connectivity index (χ4v) is 2.80. The van der Waals surface area contributed by atoms with Crippen LogP contribution in [-0.2, 0) is 14.0 Å². The van der Waals surface area contributed by atoms with Gasteiger partial charge in [-0.05, 0) is 46.6 Å². The van der Waals surface area contributed by atoms with Crippen LogP contribution in [0.4, 0.5) is 4.39 Å². The van der Waals surface area contributed by atoms with Gasteiger partial charge in [0.05, 0.1) is 17.8 Å². The van der Waals surface area contributed by atoms with Crippen molar-refractivity contribution in [1.82, 2.24) is 4.98 Å². The van der Waals surface area contributed by atoms with Gasteiger partial charge in [0.2, 0.25) is 0 Å². The van der Waals surface area contributed by atoms with Gasteiger partial charge < -0.3 is 14.0 Å². The molecule has 0 N–H and O–H groups in total. The summed E-state index contributed by atoms with van der Waals surface area (Å²) in [5.74, 6) is -0.148. The number of halogens is 1. The Hall–Kier alpha value is -0.975. The summed E-state index contributed by atoms with van der Waals surface area (Å²) in [4.78, 5) is 4.42. The molecule has 2 aliphatic heterocycles. The summed E-state index contributed by atoms with van der Waals surface area (Å²) in [6.45, 7) is 9.20. The zero-order valence-corrected chi connectivity index (χ0v) is 13.7. The molecule has 6 heteroatoms. The number of ether oxygens (including phenoxy) is 1. The first-order valence-corrected chi connectivity index (χ1v) is 7.89. The molecule has 0 spiro atoms. The van der Waals surface area contributed by atoms with E-state index < -0.39 is 18.3 Å². The van der Waals surface area contributed by atoms with Gasteiger partial charge in [-0.3, -0.25) is 4.98 Å². The molecule has 1 unspecified atom stereocenters. The van der Waals surface area contributed by atoms with Gasteiger partial charge in [-0.25, -0.2) is 4.39 Å². The zero-order valence-electron chi connectivity index (χ0n) is 13.7. The second-order valence-electron chi connectivity index (χ2n) is 7.13. The van der Waals surface area contributed by atoms with Crippen molar-refractivity contribution in [2.45, 2.75) is 57.7 Å². The number of hydrogen-bond acceptors (Lipinski definition) is 4. The maximum absolute atomic E-state index is 14.5. The lowest BCUT2D eigenvalue weighted by molar-refractivity contribution is 0.00578. The Morgan fingerprint density at radius 3 is 2.45 bits per heavy atom. The third kappa shape index (κ3) is 2.80. The van der Waals surface area contributed by atoms with Crippen molar-refractivity contribution in [2.24, 2.45) is 0 Å². The monoisotopic (exact) mass is 307 g/mol. The van der Waals surface area contributed by atoms with Crippen LogP contribution in [0.3, 0.4) is 0 Å². The predicted molar refractivity (Wildman–Crippen MR) is 82.7 cm³/mol. The Morgan fingerprint density at radius 2 is 1.91 bits per heavy atom. The first-order valence-electron chi connectivity index (χ1n) is 7.89. The summed E-state index contributed by atoms with van der Waals surface area (Å²) in [5, 5.41) is 0. The molecule has 2 saturated heterocycles. The molecule has 22 heavy (non-hydrogen) atoms. The molecule has 2 aliphatic rings. The summed E-state index contributed by atoms with van der Waals surface area (Å²) in [5.41, 5.74) is 0.136. The normalized spacial score (nSPS) is 27.1. The summed E-state index contributed by atoms with van der Waals surface area (Å²) in [6.07, 6.45) is 3.52. The second kappa shape index (κ2) is 5.58. The molecular weight excluding hydrogens is 284 g/mol. The third-order valence-corrected chi connectivity index (χ3v) is 4.99. The van der Waals surface area contributed by atoms with Gasteiger partial charge in [0.15, 0.2) is 0 Å². The highest BCUT2D eigenvalue weighted by Crippen LogP contribution is 2.36. The van der Waals surface area contributed by atoms with E-state index in [0.717, 1.165) is 25.1 Å². The molecule has 0 aliphatic carbocycles. The maximum Gasteiger partial charge on any atom is 0.499 e. The summed E-state index contributed by atoms with van der Waals surface area (Å²) in [7, 11) is -0.714. The van der Waals surface area contributed by atoms with Crippen molar-refractivity contribution in [3.05, 3.63) is 23.8 Å². The van der Waals surface area contributed by atoms with Crippen LogP contribution in [0.2, 0.25) is 0 Å². The van der Waals surface area contributed by atoms with E-state index in [1.54, 1.807) is 6.20 Å². The third-order valence-electron chi connectivity index (χ3n) is 4.99. The molecule has 3 rings (SSSR count). The van der Waals surface area contributed by atoms with Crippen LogP contribution in [0.5, 0.6) is 0 Å². The number of pyridine rings is 1. The standard InChI is InChI=1S/C16H23BFNO3/c1-15(2)16(3,4)22-17(21-15)12-9-19-14(8-13(12)18)11-6-5-7-20-10-11/h8-9,11H,5-7,10H2,1-4H3. The van der Waals surface area contributed by atoms with Crippen LogP contribution < -0.4 is 5.46 Å². The summed E-state index contributed by atoms with van der Waals surface area (Å²) < 4.78 is 31.7. The summed E-state index contributed by atoms with van der Waals surface area (Å²) >= 11 is 0. The number of rotatable bonds is 2. The minimum atomic E-state index is -0.714. The van der Waals surface area contributed by atoms with Crippen molar-refractivity contribution in [1.29, 1.82) is 0 Å². The molecule has 120 valence electrons. The van der Waals surface area contributed by atoms with E-state index in [0.29, 0.717) is 12.1 Å². The van der Waals surface area contributed by atoms with Crippen molar-refractivity contribution in [3.8, 4) is 0 Å². The maximum atomic E-state index is 14.5. The zero-order chi connectivity index (χ0) is 16.0. The smallest absolute Gasteiger partial charge is 0.399 e. The minimum absolute atomic E-state index is 0.176. The van der Waals surface area contributed by atoms with Crippen molar-refractivity contribution >= 4 is 12.6 Å². The van der Waals surface area contributed by atoms with Crippen LogP contribution in [0.1, 0.15) is 52.1 Å². The molecule has 0 saturated carbocycles. The van der Waals surface area contributed by atoms with Crippen molar-refractivity contribution in [3.63, 3.8) is 0 Å². The first-order chi connectivity index (χ1) is 10.3. The molecule has 3 heterocycles. The van der Waals surface area contributed by atoms with Gasteiger partial charge in [0, 0.05) is 29.9 Å². The number of nitrogens with zero attached hydrogens (tertiary/aromatic N) is 1. The van der Waals surface area contributed by atoms with Gasteiger partial charge in [-0.15, -0.1) is 0 Å². The topological polar surface area (TPSA) is 40.6 Å². The van der Waals surface area contributed by atoms with Crippen LogP contribution >= 0.6 is 0 Å². The fourth-order valence-electron chi connectivity index (χ4n) is 2.80. The van der Waals surface area contributed by atoms with E-state index in [-0.39, 0.29) is 11.7 Å². The Kier molecular flexibility index (Phi) is 4.04. The van der Waals surface area contributed by atoms with E-state index in [9.17, 15) is 4.39 Å².